The maximum absolute atomic E-state index is 9.28. The van der Waals surface area contributed by atoms with Gasteiger partial charge in [-0.25, -0.2) is 0 Å². The zero-order valence-electron chi connectivity index (χ0n) is 12.0. The molecule has 0 N–H and O–H groups in total. The van der Waals surface area contributed by atoms with E-state index in [-0.39, 0.29) is 0 Å². The molecule has 0 fully saturated rings. The second-order valence-corrected chi connectivity index (χ2v) is 5.30. The highest BCUT2D eigenvalue weighted by Crippen LogP contribution is 2.37. The van der Waals surface area contributed by atoms with Gasteiger partial charge in [0.1, 0.15) is 11.7 Å². The zero-order valence-corrected chi connectivity index (χ0v) is 12.0. The van der Waals surface area contributed by atoms with Crippen molar-refractivity contribution in [2.45, 2.75) is 6.92 Å². The Hall–Kier alpha value is -3.12. The molecule has 0 spiro atoms. The van der Waals surface area contributed by atoms with Crippen LogP contribution in [0.2, 0.25) is 0 Å². The predicted octanol–water partition coefficient (Wildman–Crippen LogP) is 4.83. The topological polar surface area (TPSA) is 49.8 Å². The fourth-order valence-corrected chi connectivity index (χ4v) is 2.88. The Morgan fingerprint density at radius 1 is 1.09 bits per heavy atom. The molecule has 2 heterocycles. The number of hydrogen-bond acceptors (Lipinski definition) is 3. The molecule has 22 heavy (non-hydrogen) atoms. The summed E-state index contributed by atoms with van der Waals surface area (Å²) in [6.07, 6.45) is 1.78. The molecule has 0 unspecified atom stereocenters. The van der Waals surface area contributed by atoms with E-state index in [1.807, 2.05) is 43.3 Å². The van der Waals surface area contributed by atoms with Crippen molar-refractivity contribution in [3.63, 3.8) is 0 Å². The van der Waals surface area contributed by atoms with Crippen molar-refractivity contribution >= 4 is 21.9 Å². The summed E-state index contributed by atoms with van der Waals surface area (Å²) in [4.78, 5) is 4.46. The number of aromatic nitrogens is 1. The van der Waals surface area contributed by atoms with Crippen LogP contribution in [0.4, 0.5) is 0 Å². The van der Waals surface area contributed by atoms with Crippen molar-refractivity contribution in [1.82, 2.24) is 4.98 Å². The van der Waals surface area contributed by atoms with Crippen LogP contribution in [0.1, 0.15) is 11.1 Å². The highest BCUT2D eigenvalue weighted by molar-refractivity contribution is 6.13. The van der Waals surface area contributed by atoms with Gasteiger partial charge in [0.05, 0.1) is 11.3 Å². The summed E-state index contributed by atoms with van der Waals surface area (Å²) in [7, 11) is 0. The third-order valence-corrected chi connectivity index (χ3v) is 3.80. The molecule has 4 aromatic rings. The molecule has 0 saturated carbocycles. The quantitative estimate of drug-likeness (QED) is 0.503. The minimum absolute atomic E-state index is 0.554. The summed E-state index contributed by atoms with van der Waals surface area (Å²) in [6.45, 7) is 2.03. The molecule has 0 atom stereocenters. The highest BCUT2D eigenvalue weighted by atomic mass is 16.3. The molecular weight excluding hydrogens is 272 g/mol. The number of aryl methyl sites for hydroxylation is 1. The first-order valence-corrected chi connectivity index (χ1v) is 7.05. The van der Waals surface area contributed by atoms with Crippen LogP contribution in [-0.2, 0) is 0 Å². The summed E-state index contributed by atoms with van der Waals surface area (Å²) in [5.41, 5.74) is 5.02. The molecule has 2 aromatic carbocycles. The molecule has 104 valence electrons. The van der Waals surface area contributed by atoms with Crippen LogP contribution in [0.25, 0.3) is 33.2 Å². The van der Waals surface area contributed by atoms with Gasteiger partial charge in [-0.2, -0.15) is 5.26 Å². The lowest BCUT2D eigenvalue weighted by molar-refractivity contribution is 0.667. The standard InChI is InChI=1S/C19H12N2O/c1-12-9-15(16-7-2-3-8-21-16)18-14-6-4-5-13(11-20)19(14)22-17(18)10-12/h2-10H,1H3. The van der Waals surface area contributed by atoms with Gasteiger partial charge in [-0.3, -0.25) is 4.98 Å². The van der Waals surface area contributed by atoms with Gasteiger partial charge in [0.15, 0.2) is 5.58 Å². The van der Waals surface area contributed by atoms with Gasteiger partial charge in [0.25, 0.3) is 0 Å². The summed E-state index contributed by atoms with van der Waals surface area (Å²) in [5, 5.41) is 11.2. The molecule has 0 bridgehead atoms. The van der Waals surface area contributed by atoms with Crippen molar-refractivity contribution in [1.29, 1.82) is 5.26 Å². The number of fused-ring (bicyclic) bond motifs is 3. The van der Waals surface area contributed by atoms with Gasteiger partial charge in [0.2, 0.25) is 0 Å². The van der Waals surface area contributed by atoms with Gasteiger partial charge in [-0.05, 0) is 42.8 Å². The smallest absolute Gasteiger partial charge is 0.153 e. The van der Waals surface area contributed by atoms with Crippen LogP contribution in [0.5, 0.6) is 0 Å². The van der Waals surface area contributed by atoms with Gasteiger partial charge in [0, 0.05) is 22.5 Å². The fraction of sp³-hybridized carbons (Fsp3) is 0.0526. The maximum Gasteiger partial charge on any atom is 0.153 e. The SMILES string of the molecule is Cc1cc(-c2ccccn2)c2c(c1)oc1c(C#N)cccc12. The van der Waals surface area contributed by atoms with Crippen molar-refractivity contribution in [3.05, 3.63) is 65.9 Å². The Morgan fingerprint density at radius 2 is 2.00 bits per heavy atom. The molecule has 2 aromatic heterocycles. The summed E-state index contributed by atoms with van der Waals surface area (Å²) in [5.74, 6) is 0. The van der Waals surface area contributed by atoms with E-state index >= 15 is 0 Å². The number of benzene rings is 2. The van der Waals surface area contributed by atoms with E-state index in [2.05, 4.69) is 17.1 Å². The van der Waals surface area contributed by atoms with Crippen molar-refractivity contribution in [2.75, 3.05) is 0 Å². The molecule has 0 aliphatic heterocycles. The van der Waals surface area contributed by atoms with E-state index in [9.17, 15) is 5.26 Å². The van der Waals surface area contributed by atoms with Gasteiger partial charge >= 0.3 is 0 Å². The van der Waals surface area contributed by atoms with Crippen molar-refractivity contribution in [2.24, 2.45) is 0 Å². The summed E-state index contributed by atoms with van der Waals surface area (Å²) in [6, 6.07) is 17.8. The Morgan fingerprint density at radius 3 is 2.77 bits per heavy atom. The van der Waals surface area contributed by atoms with Crippen molar-refractivity contribution in [3.8, 4) is 17.3 Å². The lowest BCUT2D eigenvalue weighted by Crippen LogP contribution is -1.85. The lowest BCUT2D eigenvalue weighted by Gasteiger charge is -2.04. The molecule has 4 rings (SSSR count). The van der Waals surface area contributed by atoms with Gasteiger partial charge in [-0.1, -0.05) is 18.2 Å². The van der Waals surface area contributed by atoms with E-state index in [4.69, 9.17) is 4.42 Å². The number of nitriles is 1. The number of para-hydroxylation sites is 1. The Bertz CT molecular complexity index is 1040. The number of furan rings is 1. The first kappa shape index (κ1) is 12.6. The van der Waals surface area contributed by atoms with E-state index in [1.54, 1.807) is 12.3 Å². The minimum Gasteiger partial charge on any atom is -0.455 e. The molecule has 0 aliphatic rings. The maximum atomic E-state index is 9.28. The van der Waals surface area contributed by atoms with Crippen molar-refractivity contribution < 1.29 is 4.42 Å². The molecule has 3 nitrogen and oxygen atoms in total. The molecule has 0 aliphatic carbocycles. The monoisotopic (exact) mass is 284 g/mol. The van der Waals surface area contributed by atoms with E-state index < -0.39 is 0 Å². The number of rotatable bonds is 1. The second-order valence-electron chi connectivity index (χ2n) is 5.30. The molecule has 3 heteroatoms. The minimum atomic E-state index is 0.554. The van der Waals surface area contributed by atoms with E-state index in [1.165, 1.54) is 0 Å². The summed E-state index contributed by atoms with van der Waals surface area (Å²) >= 11 is 0. The van der Waals surface area contributed by atoms with E-state index in [0.717, 1.165) is 33.2 Å². The molecule has 0 radical (unpaired) electrons. The van der Waals surface area contributed by atoms with Crippen LogP contribution in [0, 0.1) is 18.3 Å². The van der Waals surface area contributed by atoms with Crippen LogP contribution < -0.4 is 0 Å². The van der Waals surface area contributed by atoms with Crippen LogP contribution in [0.15, 0.2) is 59.1 Å². The average molecular weight is 284 g/mol. The first-order chi connectivity index (χ1) is 10.8. The third-order valence-electron chi connectivity index (χ3n) is 3.80. The zero-order chi connectivity index (χ0) is 15.1. The van der Waals surface area contributed by atoms with Crippen LogP contribution in [-0.4, -0.2) is 4.98 Å². The largest absolute Gasteiger partial charge is 0.455 e. The molecular formula is C19H12N2O. The van der Waals surface area contributed by atoms with Gasteiger partial charge < -0.3 is 4.42 Å². The fourth-order valence-electron chi connectivity index (χ4n) is 2.88. The average Bonchev–Trinajstić information content (AvgIpc) is 2.93. The predicted molar refractivity (Wildman–Crippen MR) is 86.4 cm³/mol. The van der Waals surface area contributed by atoms with Gasteiger partial charge in [-0.15, -0.1) is 0 Å². The number of hydrogen-bond donors (Lipinski definition) is 0. The highest BCUT2D eigenvalue weighted by Gasteiger charge is 2.15. The number of pyridine rings is 1. The molecule has 0 amide bonds. The molecule has 0 saturated heterocycles. The Labute approximate surface area is 127 Å². The summed E-state index contributed by atoms with van der Waals surface area (Å²) < 4.78 is 5.97. The first-order valence-electron chi connectivity index (χ1n) is 7.05. The Kier molecular flexibility index (Phi) is 2.70. The second kappa shape index (κ2) is 4.71. The van der Waals surface area contributed by atoms with Crippen LogP contribution in [0.3, 0.4) is 0 Å². The van der Waals surface area contributed by atoms with E-state index in [0.29, 0.717) is 11.1 Å². The number of nitrogens with zero attached hydrogens (tertiary/aromatic N) is 2. The lowest BCUT2D eigenvalue weighted by atomic mass is 10.00. The normalized spacial score (nSPS) is 10.9. The Balaban J connectivity index is 2.20. The van der Waals surface area contributed by atoms with Crippen LogP contribution >= 0.6 is 0 Å². The third kappa shape index (κ3) is 1.78.